The molecule has 1 amide bonds. The third-order valence-electron chi connectivity index (χ3n) is 4.15. The fourth-order valence-corrected chi connectivity index (χ4v) is 4.11. The van der Waals surface area contributed by atoms with Crippen LogP contribution in [0.4, 0.5) is 0 Å². The molecule has 0 radical (unpaired) electrons. The molecular weight excluding hydrogens is 306 g/mol. The Kier molecular flexibility index (Phi) is 4.62. The van der Waals surface area contributed by atoms with Gasteiger partial charge in [-0.25, -0.2) is 0 Å². The van der Waals surface area contributed by atoms with Crippen LogP contribution in [0.1, 0.15) is 29.7 Å². The number of ether oxygens (including phenoxy) is 1. The summed E-state index contributed by atoms with van der Waals surface area (Å²) in [6.45, 7) is 4.04. The zero-order valence-electron chi connectivity index (χ0n) is 13.6. The Balaban J connectivity index is 1.70. The minimum atomic E-state index is -0.0818. The maximum atomic E-state index is 12.6. The summed E-state index contributed by atoms with van der Waals surface area (Å²) in [5.74, 6) is 0.896. The minimum absolute atomic E-state index is 0.0503. The summed E-state index contributed by atoms with van der Waals surface area (Å²) in [5.41, 5.74) is 3.43. The van der Waals surface area contributed by atoms with Crippen molar-refractivity contribution in [1.29, 1.82) is 0 Å². The third-order valence-corrected chi connectivity index (χ3v) is 5.47. The van der Waals surface area contributed by atoms with Crippen molar-refractivity contribution in [2.24, 2.45) is 0 Å². The van der Waals surface area contributed by atoms with Crippen LogP contribution in [0.25, 0.3) is 0 Å². The zero-order valence-corrected chi connectivity index (χ0v) is 14.4. The molecule has 0 saturated heterocycles. The molecule has 2 atom stereocenters. The summed E-state index contributed by atoms with van der Waals surface area (Å²) in [6, 6.07) is 14.2. The van der Waals surface area contributed by atoms with E-state index in [1.165, 1.54) is 10.5 Å². The van der Waals surface area contributed by atoms with Gasteiger partial charge in [0, 0.05) is 10.5 Å². The van der Waals surface area contributed by atoms with Gasteiger partial charge in [-0.15, -0.1) is 11.8 Å². The molecule has 0 fully saturated rings. The largest absolute Gasteiger partial charge is 0.496 e. The molecule has 3 rings (SSSR count). The second-order valence-corrected chi connectivity index (χ2v) is 7.14. The third kappa shape index (κ3) is 3.37. The summed E-state index contributed by atoms with van der Waals surface area (Å²) >= 11 is 1.65. The van der Waals surface area contributed by atoms with Crippen LogP contribution >= 0.6 is 11.8 Å². The second kappa shape index (κ2) is 6.67. The second-order valence-electron chi connectivity index (χ2n) is 5.89. The highest BCUT2D eigenvalue weighted by Crippen LogP contribution is 2.37. The Morgan fingerprint density at radius 1 is 1.30 bits per heavy atom. The summed E-state index contributed by atoms with van der Waals surface area (Å²) in [7, 11) is 1.66. The Hall–Kier alpha value is -1.94. The molecule has 2 aromatic rings. The van der Waals surface area contributed by atoms with Crippen LogP contribution in [0, 0.1) is 6.92 Å². The molecular formula is C19H21NO2S. The monoisotopic (exact) mass is 327 g/mol. The number of hydrogen-bond acceptors (Lipinski definition) is 3. The van der Waals surface area contributed by atoms with Crippen molar-refractivity contribution in [2.45, 2.75) is 36.5 Å². The number of hydrogen-bond donors (Lipinski definition) is 1. The van der Waals surface area contributed by atoms with Crippen LogP contribution in [-0.2, 0) is 11.2 Å². The molecule has 0 spiro atoms. The van der Waals surface area contributed by atoms with Gasteiger partial charge in [0.2, 0.25) is 5.91 Å². The first kappa shape index (κ1) is 15.9. The lowest BCUT2D eigenvalue weighted by atomic mass is 10.0. The van der Waals surface area contributed by atoms with E-state index in [1.54, 1.807) is 18.9 Å². The number of thioether (sulfide) groups is 1. The normalized spacial score (nSPS) is 17.4. The molecule has 1 heterocycles. The summed E-state index contributed by atoms with van der Waals surface area (Å²) in [6.07, 6.45) is 0.796. The number of benzene rings is 2. The van der Waals surface area contributed by atoms with Crippen molar-refractivity contribution in [3.05, 3.63) is 59.2 Å². The quantitative estimate of drug-likeness (QED) is 0.925. The lowest BCUT2D eigenvalue weighted by Crippen LogP contribution is -2.34. The van der Waals surface area contributed by atoms with Crippen molar-refractivity contribution in [1.82, 2.24) is 5.32 Å². The SMILES string of the molecule is COc1ccc(C)cc1C(C)NC(=O)C1Cc2ccccc2S1. The molecule has 120 valence electrons. The fourth-order valence-electron chi connectivity index (χ4n) is 2.90. The Bertz CT molecular complexity index is 704. The molecule has 0 aliphatic carbocycles. The summed E-state index contributed by atoms with van der Waals surface area (Å²) in [4.78, 5) is 13.8. The molecule has 2 aromatic carbocycles. The summed E-state index contributed by atoms with van der Waals surface area (Å²) in [5, 5.41) is 3.08. The van der Waals surface area contributed by atoms with Gasteiger partial charge in [0.05, 0.1) is 18.4 Å². The Morgan fingerprint density at radius 2 is 2.09 bits per heavy atom. The molecule has 4 heteroatoms. The maximum Gasteiger partial charge on any atom is 0.234 e. The fraction of sp³-hybridized carbons (Fsp3) is 0.316. The number of amides is 1. The van der Waals surface area contributed by atoms with Crippen molar-refractivity contribution in [3.63, 3.8) is 0 Å². The lowest BCUT2D eigenvalue weighted by Gasteiger charge is -2.19. The van der Waals surface area contributed by atoms with Gasteiger partial charge in [-0.3, -0.25) is 4.79 Å². The van der Waals surface area contributed by atoms with Gasteiger partial charge in [0.25, 0.3) is 0 Å². The smallest absolute Gasteiger partial charge is 0.234 e. The molecule has 3 nitrogen and oxygen atoms in total. The van der Waals surface area contributed by atoms with Crippen LogP contribution in [0.5, 0.6) is 5.75 Å². The highest BCUT2D eigenvalue weighted by atomic mass is 32.2. The predicted octanol–water partition coefficient (Wildman–Crippen LogP) is 3.90. The van der Waals surface area contributed by atoms with Crippen LogP contribution in [0.2, 0.25) is 0 Å². The van der Waals surface area contributed by atoms with E-state index >= 15 is 0 Å². The Morgan fingerprint density at radius 3 is 2.83 bits per heavy atom. The van der Waals surface area contributed by atoms with Gasteiger partial charge in [-0.05, 0) is 38.0 Å². The van der Waals surface area contributed by atoms with Gasteiger partial charge in [0.1, 0.15) is 5.75 Å². The number of carbonyl (C=O) groups excluding carboxylic acids is 1. The van der Waals surface area contributed by atoms with E-state index in [4.69, 9.17) is 4.74 Å². The van der Waals surface area contributed by atoms with Crippen LogP contribution in [0.3, 0.4) is 0 Å². The van der Waals surface area contributed by atoms with Crippen LogP contribution < -0.4 is 10.1 Å². The van der Waals surface area contributed by atoms with Gasteiger partial charge in [0.15, 0.2) is 0 Å². The van der Waals surface area contributed by atoms with Gasteiger partial charge in [-0.1, -0.05) is 35.9 Å². The summed E-state index contributed by atoms with van der Waals surface area (Å²) < 4.78 is 5.42. The molecule has 1 N–H and O–H groups in total. The van der Waals surface area contributed by atoms with Crippen LogP contribution in [-0.4, -0.2) is 18.3 Å². The zero-order chi connectivity index (χ0) is 16.4. The van der Waals surface area contributed by atoms with Crippen molar-refractivity contribution in [3.8, 4) is 5.75 Å². The highest BCUT2D eigenvalue weighted by Gasteiger charge is 2.29. The number of methoxy groups -OCH3 is 1. The number of rotatable bonds is 4. The molecule has 0 aromatic heterocycles. The van der Waals surface area contributed by atoms with Gasteiger partial charge < -0.3 is 10.1 Å². The molecule has 1 aliphatic rings. The van der Waals surface area contributed by atoms with E-state index in [0.29, 0.717) is 0 Å². The van der Waals surface area contributed by atoms with E-state index in [2.05, 4.69) is 23.5 Å². The van der Waals surface area contributed by atoms with Gasteiger partial charge in [-0.2, -0.15) is 0 Å². The average molecular weight is 327 g/mol. The molecule has 2 unspecified atom stereocenters. The lowest BCUT2D eigenvalue weighted by molar-refractivity contribution is -0.121. The highest BCUT2D eigenvalue weighted by molar-refractivity contribution is 8.01. The number of carbonyl (C=O) groups is 1. The van der Waals surface area contributed by atoms with E-state index < -0.39 is 0 Å². The average Bonchev–Trinajstić information content (AvgIpc) is 2.99. The van der Waals surface area contributed by atoms with E-state index in [9.17, 15) is 4.79 Å². The van der Waals surface area contributed by atoms with E-state index in [1.807, 2.05) is 38.1 Å². The van der Waals surface area contributed by atoms with Crippen molar-refractivity contribution < 1.29 is 9.53 Å². The first-order chi connectivity index (χ1) is 11.1. The predicted molar refractivity (Wildman–Crippen MR) is 94.1 cm³/mol. The maximum absolute atomic E-state index is 12.6. The Labute approximate surface area is 141 Å². The first-order valence-corrected chi connectivity index (χ1v) is 8.66. The molecule has 0 saturated carbocycles. The van der Waals surface area contributed by atoms with Gasteiger partial charge >= 0.3 is 0 Å². The standard InChI is InChI=1S/C19H21NO2S/c1-12-8-9-16(22-3)15(10-12)13(2)20-19(21)18-11-14-6-4-5-7-17(14)23-18/h4-10,13,18H,11H2,1-3H3,(H,20,21). The van der Waals surface area contributed by atoms with Crippen LogP contribution in [0.15, 0.2) is 47.4 Å². The number of fused-ring (bicyclic) bond motifs is 1. The van der Waals surface area contributed by atoms with Crippen molar-refractivity contribution >= 4 is 17.7 Å². The minimum Gasteiger partial charge on any atom is -0.496 e. The molecule has 23 heavy (non-hydrogen) atoms. The topological polar surface area (TPSA) is 38.3 Å². The van der Waals surface area contributed by atoms with Crippen molar-refractivity contribution in [2.75, 3.05) is 7.11 Å². The molecule has 1 aliphatic heterocycles. The van der Waals surface area contributed by atoms with E-state index in [-0.39, 0.29) is 17.2 Å². The van der Waals surface area contributed by atoms with E-state index in [0.717, 1.165) is 23.3 Å². The number of nitrogens with one attached hydrogen (secondary N) is 1. The first-order valence-electron chi connectivity index (χ1n) is 7.78. The number of aryl methyl sites for hydroxylation is 1. The molecule has 0 bridgehead atoms.